The van der Waals surface area contributed by atoms with Crippen molar-refractivity contribution in [3.8, 4) is 11.1 Å². The molecule has 2 aromatic heterocycles. The molecule has 1 aliphatic heterocycles. The second-order valence-electron chi connectivity index (χ2n) is 12.4. The number of benzene rings is 7. The Morgan fingerprint density at radius 2 is 1.34 bits per heavy atom. The topological polar surface area (TPSA) is 20.5 Å². The largest absolute Gasteiger partial charge is 0.334 e. The van der Waals surface area contributed by atoms with Crippen LogP contribution in [0.5, 0.6) is 0 Å². The van der Waals surface area contributed by atoms with Crippen LogP contribution in [0.1, 0.15) is 17.2 Å². The van der Waals surface area contributed by atoms with Gasteiger partial charge in [-0.3, -0.25) is 4.57 Å². The van der Waals surface area contributed by atoms with E-state index in [2.05, 4.69) is 168 Å². The van der Waals surface area contributed by atoms with Crippen LogP contribution >= 0.6 is 11.3 Å². The zero-order valence-corrected chi connectivity index (χ0v) is 26.6. The van der Waals surface area contributed by atoms with E-state index in [9.17, 15) is 0 Å². The third-order valence-corrected chi connectivity index (χ3v) is 11.1. The predicted octanol–water partition coefficient (Wildman–Crippen LogP) is 11.6. The molecule has 1 unspecified atom stereocenters. The molecule has 7 aromatic carbocycles. The highest BCUT2D eigenvalue weighted by molar-refractivity contribution is 7.26. The highest BCUT2D eigenvalue weighted by Crippen LogP contribution is 2.44. The lowest BCUT2D eigenvalue weighted by Gasteiger charge is -2.36. The molecule has 10 rings (SSSR count). The molecule has 0 bridgehead atoms. The summed E-state index contributed by atoms with van der Waals surface area (Å²) in [6.45, 7) is 0. The van der Waals surface area contributed by atoms with E-state index in [1.54, 1.807) is 0 Å². The number of hydrogen-bond acceptors (Lipinski definition) is 3. The molecule has 1 aliphatic rings. The second kappa shape index (κ2) is 10.1. The molecule has 0 radical (unpaired) electrons. The molecule has 4 heteroatoms. The van der Waals surface area contributed by atoms with Gasteiger partial charge in [0.05, 0.1) is 22.8 Å². The molecule has 222 valence electrons. The third kappa shape index (κ3) is 3.89. The number of fused-ring (bicyclic) bond motifs is 9. The van der Waals surface area contributed by atoms with Gasteiger partial charge in [-0.25, -0.2) is 4.99 Å². The van der Waals surface area contributed by atoms with E-state index in [0.29, 0.717) is 0 Å². The number of aromatic nitrogens is 1. The van der Waals surface area contributed by atoms with E-state index in [-0.39, 0.29) is 6.04 Å². The molecule has 0 saturated heterocycles. The second-order valence-corrected chi connectivity index (χ2v) is 13.5. The minimum absolute atomic E-state index is 0.0167. The summed E-state index contributed by atoms with van der Waals surface area (Å²) in [5.74, 6) is 0.923. The lowest BCUT2D eigenvalue weighted by Crippen LogP contribution is -2.38. The van der Waals surface area contributed by atoms with Crippen molar-refractivity contribution < 1.29 is 0 Å². The van der Waals surface area contributed by atoms with Gasteiger partial charge in [0.1, 0.15) is 0 Å². The Labute approximate surface area is 276 Å². The maximum absolute atomic E-state index is 5.38. The van der Waals surface area contributed by atoms with Gasteiger partial charge in [0.25, 0.3) is 0 Å². The summed E-state index contributed by atoms with van der Waals surface area (Å²) in [7, 11) is 2.19. The lowest BCUT2D eigenvalue weighted by molar-refractivity contribution is 0.410. The first-order valence-electron chi connectivity index (χ1n) is 16.1. The average molecular weight is 620 g/mol. The van der Waals surface area contributed by atoms with E-state index >= 15 is 0 Å². The Morgan fingerprint density at radius 1 is 0.596 bits per heavy atom. The molecule has 3 nitrogen and oxygen atoms in total. The van der Waals surface area contributed by atoms with E-state index in [4.69, 9.17) is 4.99 Å². The van der Waals surface area contributed by atoms with E-state index in [1.807, 2.05) is 11.3 Å². The fourth-order valence-electron chi connectivity index (χ4n) is 7.75. The Hall–Kier alpha value is -5.71. The van der Waals surface area contributed by atoms with Crippen LogP contribution in [0, 0.1) is 0 Å². The maximum Gasteiger partial charge on any atom is 0.211 e. The predicted molar refractivity (Wildman–Crippen MR) is 200 cm³/mol. The molecule has 0 N–H and O–H groups in total. The Balaban J connectivity index is 1.18. The molecule has 0 fully saturated rings. The number of aliphatic imine (C=N–C) groups is 1. The summed E-state index contributed by atoms with van der Waals surface area (Å²) in [6.07, 6.45) is 0. The lowest BCUT2D eigenvalue weighted by atomic mass is 9.92. The summed E-state index contributed by atoms with van der Waals surface area (Å²) in [6, 6.07) is 55.1. The third-order valence-electron chi connectivity index (χ3n) is 9.83. The minimum Gasteiger partial charge on any atom is -0.334 e. The van der Waals surface area contributed by atoms with Gasteiger partial charge in [0.2, 0.25) is 5.96 Å². The van der Waals surface area contributed by atoms with Crippen molar-refractivity contribution in [2.24, 2.45) is 4.99 Å². The van der Waals surface area contributed by atoms with Crippen LogP contribution in [-0.4, -0.2) is 22.5 Å². The Bertz CT molecular complexity index is 2730. The fraction of sp³-hybridized carbons (Fsp3) is 0.0465. The molecule has 1 atom stereocenters. The molecule has 0 amide bonds. The van der Waals surface area contributed by atoms with Gasteiger partial charge in [-0.1, -0.05) is 121 Å². The number of para-hydroxylation sites is 2. The quantitative estimate of drug-likeness (QED) is 0.189. The Kier molecular flexibility index (Phi) is 5.72. The normalized spacial score (nSPS) is 14.8. The standard InChI is InChI=1S/C43H29N3S/c1-45-41(29-14-10-13-28(26-29)31-19-11-20-33-32-16-6-9-23-39(32)47-42(31)33)34-17-4-7-21-36(34)44-43(45)46-37-22-8-5-18-35(37)40-30-15-3-2-12-27(30)24-25-38(40)46/h2-26,41H,1H3. The van der Waals surface area contributed by atoms with Gasteiger partial charge >= 0.3 is 0 Å². The van der Waals surface area contributed by atoms with Crippen molar-refractivity contribution in [2.45, 2.75) is 6.04 Å². The van der Waals surface area contributed by atoms with E-state index < -0.39 is 0 Å². The molecule has 47 heavy (non-hydrogen) atoms. The zero-order valence-electron chi connectivity index (χ0n) is 25.8. The Morgan fingerprint density at radius 3 is 2.28 bits per heavy atom. The van der Waals surface area contributed by atoms with Crippen molar-refractivity contribution >= 4 is 75.7 Å². The number of rotatable bonds is 2. The molecule has 0 aliphatic carbocycles. The van der Waals surface area contributed by atoms with Crippen molar-refractivity contribution in [3.63, 3.8) is 0 Å². The first-order valence-corrected chi connectivity index (χ1v) is 16.9. The van der Waals surface area contributed by atoms with Gasteiger partial charge in [-0.05, 0) is 57.8 Å². The maximum atomic E-state index is 5.38. The fourth-order valence-corrected chi connectivity index (χ4v) is 8.99. The SMILES string of the molecule is CN1C(n2c3ccccc3c3c4ccccc4ccc32)=Nc2ccccc2C1c1cccc(-c2cccc3c2sc2ccccc23)c1. The molecule has 3 heterocycles. The van der Waals surface area contributed by atoms with Crippen LogP contribution in [0.4, 0.5) is 5.69 Å². The van der Waals surface area contributed by atoms with Crippen LogP contribution in [0.25, 0.3) is 63.9 Å². The van der Waals surface area contributed by atoms with Crippen LogP contribution in [-0.2, 0) is 0 Å². The van der Waals surface area contributed by atoms with Crippen LogP contribution in [0.15, 0.2) is 157 Å². The summed E-state index contributed by atoms with van der Waals surface area (Å²) >= 11 is 1.88. The highest BCUT2D eigenvalue weighted by Gasteiger charge is 2.31. The molecular formula is C43H29N3S. The average Bonchev–Trinajstić information content (AvgIpc) is 3.68. The van der Waals surface area contributed by atoms with Crippen molar-refractivity contribution in [1.82, 2.24) is 9.47 Å². The number of hydrogen-bond donors (Lipinski definition) is 0. The van der Waals surface area contributed by atoms with Crippen molar-refractivity contribution in [2.75, 3.05) is 7.05 Å². The van der Waals surface area contributed by atoms with Crippen LogP contribution < -0.4 is 0 Å². The molecule has 9 aromatic rings. The first kappa shape index (κ1) is 26.5. The smallest absolute Gasteiger partial charge is 0.211 e. The van der Waals surface area contributed by atoms with Crippen LogP contribution in [0.2, 0.25) is 0 Å². The van der Waals surface area contributed by atoms with Gasteiger partial charge in [-0.2, -0.15) is 0 Å². The van der Waals surface area contributed by atoms with Crippen molar-refractivity contribution in [3.05, 3.63) is 163 Å². The summed E-state index contributed by atoms with van der Waals surface area (Å²) < 4.78 is 5.02. The zero-order chi connectivity index (χ0) is 31.1. The van der Waals surface area contributed by atoms with Gasteiger partial charge in [0.15, 0.2) is 0 Å². The van der Waals surface area contributed by atoms with E-state index in [1.165, 1.54) is 69.5 Å². The summed E-state index contributed by atoms with van der Waals surface area (Å²) in [5, 5.41) is 7.66. The van der Waals surface area contributed by atoms with Crippen molar-refractivity contribution in [1.29, 1.82) is 0 Å². The number of thiophene rings is 1. The van der Waals surface area contributed by atoms with Crippen LogP contribution in [0.3, 0.4) is 0 Å². The molecule has 0 saturated carbocycles. The first-order chi connectivity index (χ1) is 23.2. The van der Waals surface area contributed by atoms with Gasteiger partial charge in [-0.15, -0.1) is 11.3 Å². The van der Waals surface area contributed by atoms with E-state index in [0.717, 1.165) is 17.2 Å². The van der Waals surface area contributed by atoms with Gasteiger partial charge < -0.3 is 4.90 Å². The monoisotopic (exact) mass is 619 g/mol. The summed E-state index contributed by atoms with van der Waals surface area (Å²) in [5.41, 5.74) is 8.30. The minimum atomic E-state index is -0.0167. The summed E-state index contributed by atoms with van der Waals surface area (Å²) in [4.78, 5) is 7.74. The highest BCUT2D eigenvalue weighted by atomic mass is 32.1. The molecule has 0 spiro atoms. The van der Waals surface area contributed by atoms with Gasteiger partial charge in [0, 0.05) is 43.6 Å². The molecular weight excluding hydrogens is 591 g/mol. The number of nitrogens with zero attached hydrogens (tertiary/aromatic N) is 3.